The average molecular weight is 530 g/mol. The molecule has 0 radical (unpaired) electrons. The Hall–Kier alpha value is -4.42. The second kappa shape index (κ2) is 12.7. The van der Waals surface area contributed by atoms with Crippen LogP contribution in [-0.2, 0) is 14.3 Å². The Morgan fingerprint density at radius 1 is 1.05 bits per heavy atom. The molecule has 0 unspecified atom stereocenters. The van der Waals surface area contributed by atoms with Crippen molar-refractivity contribution in [3.8, 4) is 11.8 Å². The number of benzene rings is 2. The first kappa shape index (κ1) is 26.6. The van der Waals surface area contributed by atoms with Gasteiger partial charge in [-0.15, -0.1) is 0 Å². The maximum absolute atomic E-state index is 13.2. The summed E-state index contributed by atoms with van der Waals surface area (Å²) >= 11 is 1.18. The van der Waals surface area contributed by atoms with E-state index in [-0.39, 0.29) is 29.4 Å². The predicted octanol–water partition coefficient (Wildman–Crippen LogP) is 5.45. The molecule has 0 bridgehead atoms. The number of rotatable bonds is 10. The lowest BCUT2D eigenvalue weighted by atomic mass is 9.84. The topological polar surface area (TPSA) is 114 Å². The van der Waals surface area contributed by atoms with Crippen LogP contribution in [0.25, 0.3) is 5.70 Å². The molecule has 0 aliphatic carbocycles. The van der Waals surface area contributed by atoms with Gasteiger partial charge in [0, 0.05) is 5.69 Å². The van der Waals surface area contributed by atoms with Crippen molar-refractivity contribution in [1.29, 1.82) is 5.26 Å². The number of amides is 1. The van der Waals surface area contributed by atoms with Gasteiger partial charge in [-0.3, -0.25) is 4.79 Å². The van der Waals surface area contributed by atoms with Crippen LogP contribution in [0.1, 0.15) is 31.1 Å². The minimum Gasteiger partial charge on any atom is -0.494 e. The maximum Gasteiger partial charge on any atom is 0.337 e. The third-order valence-electron chi connectivity index (χ3n) is 5.63. The monoisotopic (exact) mass is 529 g/mol. The maximum atomic E-state index is 13.2. The van der Waals surface area contributed by atoms with Gasteiger partial charge in [0.25, 0.3) is 0 Å². The molecule has 4 rings (SSSR count). The zero-order valence-corrected chi connectivity index (χ0v) is 21.8. The molecule has 194 valence electrons. The molecule has 1 aliphatic rings. The van der Waals surface area contributed by atoms with E-state index in [2.05, 4.69) is 16.7 Å². The number of anilines is 1. The number of nitrogens with one attached hydrogen (secondary N) is 2. The fraction of sp³-hybridized carbons (Fsp3) is 0.207. The Balaban J connectivity index is 1.65. The summed E-state index contributed by atoms with van der Waals surface area (Å²) in [6.45, 7) is 4.36. The van der Waals surface area contributed by atoms with E-state index < -0.39 is 11.9 Å². The number of carbonyl (C=O) groups is 2. The van der Waals surface area contributed by atoms with E-state index in [0.29, 0.717) is 28.8 Å². The van der Waals surface area contributed by atoms with Gasteiger partial charge in [0.15, 0.2) is 0 Å². The molecule has 0 saturated heterocycles. The summed E-state index contributed by atoms with van der Waals surface area (Å²) in [4.78, 5) is 26.0. The number of nitriles is 1. The van der Waals surface area contributed by atoms with Crippen molar-refractivity contribution in [2.24, 2.45) is 0 Å². The van der Waals surface area contributed by atoms with Gasteiger partial charge in [0.1, 0.15) is 11.5 Å². The van der Waals surface area contributed by atoms with Gasteiger partial charge < -0.3 is 24.5 Å². The lowest BCUT2D eigenvalue weighted by Gasteiger charge is -2.29. The highest BCUT2D eigenvalue weighted by atomic mass is 32.2. The van der Waals surface area contributed by atoms with E-state index >= 15 is 0 Å². The van der Waals surface area contributed by atoms with Crippen molar-refractivity contribution in [1.82, 2.24) is 5.32 Å². The number of allylic oxidation sites excluding steroid dienone is 1. The first-order valence-electron chi connectivity index (χ1n) is 12.1. The second-order valence-electron chi connectivity index (χ2n) is 8.10. The molecule has 0 spiro atoms. The standard InChI is InChI=1S/C29H27N3O5S/c1-3-35-21-14-12-20(13-15-21)31-24(33)18-38-28-22(17-30)25(23-11-8-16-37-23)26(29(34)36-4-2)27(32-28)19-9-6-5-7-10-19/h5-16,25,32H,3-4,18H2,1-2H3,(H,31,33)/t25-/m1/s1. The number of carbonyl (C=O) groups excluding carboxylic acids is 2. The molecule has 3 aromatic rings. The van der Waals surface area contributed by atoms with Gasteiger partial charge in [-0.1, -0.05) is 42.1 Å². The van der Waals surface area contributed by atoms with E-state index in [9.17, 15) is 14.9 Å². The zero-order valence-electron chi connectivity index (χ0n) is 21.0. The van der Waals surface area contributed by atoms with Crippen molar-refractivity contribution < 1.29 is 23.5 Å². The minimum atomic E-state index is -0.804. The Morgan fingerprint density at radius 3 is 2.45 bits per heavy atom. The Bertz CT molecular complexity index is 1370. The van der Waals surface area contributed by atoms with Crippen molar-refractivity contribution in [2.45, 2.75) is 19.8 Å². The highest BCUT2D eigenvalue weighted by Gasteiger charge is 2.38. The third kappa shape index (κ3) is 6.10. The van der Waals surface area contributed by atoms with Crippen LogP contribution in [0.3, 0.4) is 0 Å². The van der Waals surface area contributed by atoms with Crippen LogP contribution in [0.5, 0.6) is 5.75 Å². The Morgan fingerprint density at radius 2 is 1.82 bits per heavy atom. The molecular weight excluding hydrogens is 502 g/mol. The summed E-state index contributed by atoms with van der Waals surface area (Å²) in [5.74, 6) is -0.426. The molecule has 1 atom stereocenters. The number of furan rings is 1. The molecule has 2 N–H and O–H groups in total. The first-order valence-corrected chi connectivity index (χ1v) is 13.1. The Kier molecular flexibility index (Phi) is 8.90. The number of hydrogen-bond acceptors (Lipinski definition) is 8. The quantitative estimate of drug-likeness (QED) is 0.334. The molecular formula is C29H27N3O5S. The van der Waals surface area contributed by atoms with E-state index in [1.54, 1.807) is 43.3 Å². The molecule has 1 amide bonds. The van der Waals surface area contributed by atoms with Crippen LogP contribution in [0, 0.1) is 11.3 Å². The molecule has 2 aromatic carbocycles. The van der Waals surface area contributed by atoms with Crippen LogP contribution in [0.15, 0.2) is 93.6 Å². The van der Waals surface area contributed by atoms with Crippen LogP contribution in [0.2, 0.25) is 0 Å². The molecule has 1 aromatic heterocycles. The summed E-state index contributed by atoms with van der Waals surface area (Å²) in [5, 5.41) is 16.8. The molecule has 1 aliphatic heterocycles. The molecule has 0 fully saturated rings. The lowest BCUT2D eigenvalue weighted by molar-refractivity contribution is -0.138. The lowest BCUT2D eigenvalue weighted by Crippen LogP contribution is -2.29. The largest absolute Gasteiger partial charge is 0.494 e. The summed E-state index contributed by atoms with van der Waals surface area (Å²) in [6, 6.07) is 22.1. The molecule has 0 saturated carbocycles. The summed E-state index contributed by atoms with van der Waals surface area (Å²) < 4.78 is 16.5. The number of ether oxygens (including phenoxy) is 2. The van der Waals surface area contributed by atoms with Crippen LogP contribution >= 0.6 is 11.8 Å². The number of thioether (sulfide) groups is 1. The van der Waals surface area contributed by atoms with Gasteiger partial charge in [-0.25, -0.2) is 4.79 Å². The van der Waals surface area contributed by atoms with Crippen molar-refractivity contribution >= 4 is 35.0 Å². The fourth-order valence-corrected chi connectivity index (χ4v) is 4.88. The number of hydrogen-bond donors (Lipinski definition) is 2. The second-order valence-corrected chi connectivity index (χ2v) is 9.08. The van der Waals surface area contributed by atoms with E-state index in [4.69, 9.17) is 13.9 Å². The van der Waals surface area contributed by atoms with Gasteiger partial charge in [0.2, 0.25) is 5.91 Å². The first-order chi connectivity index (χ1) is 18.5. The normalized spacial score (nSPS) is 14.9. The minimum absolute atomic E-state index is 0.0302. The van der Waals surface area contributed by atoms with Crippen molar-refractivity contribution in [3.05, 3.63) is 100 Å². The van der Waals surface area contributed by atoms with Gasteiger partial charge in [0.05, 0.1) is 59.1 Å². The van der Waals surface area contributed by atoms with Crippen LogP contribution in [-0.4, -0.2) is 30.8 Å². The average Bonchev–Trinajstić information content (AvgIpc) is 3.47. The van der Waals surface area contributed by atoms with Crippen molar-refractivity contribution in [2.75, 3.05) is 24.3 Å². The van der Waals surface area contributed by atoms with E-state index in [1.807, 2.05) is 37.3 Å². The smallest absolute Gasteiger partial charge is 0.337 e. The number of esters is 1. The van der Waals surface area contributed by atoms with Gasteiger partial charge >= 0.3 is 5.97 Å². The molecule has 38 heavy (non-hydrogen) atoms. The summed E-state index contributed by atoms with van der Waals surface area (Å²) in [7, 11) is 0. The number of nitrogens with zero attached hydrogens (tertiary/aromatic N) is 1. The number of dihydropyridines is 1. The zero-order chi connectivity index (χ0) is 26.9. The highest BCUT2D eigenvalue weighted by molar-refractivity contribution is 8.03. The highest BCUT2D eigenvalue weighted by Crippen LogP contribution is 2.43. The molecule has 8 nitrogen and oxygen atoms in total. The summed E-state index contributed by atoms with van der Waals surface area (Å²) in [6.07, 6.45) is 1.49. The van der Waals surface area contributed by atoms with Gasteiger partial charge in [-0.05, 0) is 55.8 Å². The Labute approximate surface area is 225 Å². The third-order valence-corrected chi connectivity index (χ3v) is 6.65. The molecule has 9 heteroatoms. The van der Waals surface area contributed by atoms with E-state index in [0.717, 1.165) is 11.3 Å². The van der Waals surface area contributed by atoms with Crippen LogP contribution in [0.4, 0.5) is 5.69 Å². The van der Waals surface area contributed by atoms with Crippen molar-refractivity contribution in [3.63, 3.8) is 0 Å². The van der Waals surface area contributed by atoms with E-state index in [1.165, 1.54) is 18.0 Å². The summed E-state index contributed by atoms with van der Waals surface area (Å²) in [5.41, 5.74) is 2.40. The fourth-order valence-electron chi connectivity index (χ4n) is 4.03. The SMILES string of the molecule is CCOC(=O)C1=C(c2ccccc2)NC(SCC(=O)Nc2ccc(OCC)cc2)=C(C#N)[C@@H]1c1ccco1. The van der Waals surface area contributed by atoms with Crippen LogP contribution < -0.4 is 15.4 Å². The van der Waals surface area contributed by atoms with Gasteiger partial charge in [-0.2, -0.15) is 5.26 Å². The predicted molar refractivity (Wildman–Crippen MR) is 146 cm³/mol. The molecule has 2 heterocycles.